The third-order valence-electron chi connectivity index (χ3n) is 4.01. The van der Waals surface area contributed by atoms with Gasteiger partial charge in [0.1, 0.15) is 11.5 Å². The molecule has 152 valence electrons. The maximum absolute atomic E-state index is 12.1. The van der Waals surface area contributed by atoms with Crippen molar-refractivity contribution in [3.05, 3.63) is 94.5 Å². The summed E-state index contributed by atoms with van der Waals surface area (Å²) in [6.45, 7) is 1.77. The van der Waals surface area contributed by atoms with Crippen LogP contribution in [0.4, 0.5) is 0 Å². The Bertz CT molecular complexity index is 1060. The first-order valence-corrected chi connectivity index (χ1v) is 9.47. The molecule has 6 nitrogen and oxygen atoms in total. The number of carbonyl (C=O) groups is 2. The second kappa shape index (κ2) is 10.2. The highest BCUT2D eigenvalue weighted by atomic mass is 35.5. The number of esters is 1. The Hall–Kier alpha value is -3.64. The Labute approximate surface area is 179 Å². The number of aryl methyl sites for hydroxylation is 1. The third kappa shape index (κ3) is 6.18. The Morgan fingerprint density at radius 3 is 2.53 bits per heavy atom. The van der Waals surface area contributed by atoms with Crippen molar-refractivity contribution >= 4 is 29.7 Å². The van der Waals surface area contributed by atoms with E-state index in [0.29, 0.717) is 22.1 Å². The van der Waals surface area contributed by atoms with Crippen molar-refractivity contribution in [1.82, 2.24) is 5.43 Å². The number of para-hydroxylation sites is 1. The van der Waals surface area contributed by atoms with E-state index in [0.717, 1.165) is 11.1 Å². The molecule has 0 atom stereocenters. The lowest BCUT2D eigenvalue weighted by molar-refractivity contribution is -0.123. The molecular formula is C23H19ClN2O4. The van der Waals surface area contributed by atoms with Crippen LogP contribution < -0.4 is 14.9 Å². The van der Waals surface area contributed by atoms with Crippen molar-refractivity contribution in [2.45, 2.75) is 6.92 Å². The van der Waals surface area contributed by atoms with Crippen LogP contribution in [0.25, 0.3) is 0 Å². The molecule has 0 saturated carbocycles. The molecule has 0 aromatic heterocycles. The minimum Gasteiger partial charge on any atom is -0.483 e. The third-order valence-corrected chi connectivity index (χ3v) is 4.24. The van der Waals surface area contributed by atoms with Gasteiger partial charge in [0.25, 0.3) is 5.91 Å². The van der Waals surface area contributed by atoms with Crippen LogP contribution in [0.1, 0.15) is 21.5 Å². The first kappa shape index (κ1) is 21.1. The van der Waals surface area contributed by atoms with Gasteiger partial charge in [-0.25, -0.2) is 10.2 Å². The summed E-state index contributed by atoms with van der Waals surface area (Å²) in [4.78, 5) is 24.0. The average Bonchev–Trinajstić information content (AvgIpc) is 2.74. The molecule has 3 aromatic rings. The fourth-order valence-corrected chi connectivity index (χ4v) is 2.67. The van der Waals surface area contributed by atoms with Crippen LogP contribution in [0, 0.1) is 6.92 Å². The van der Waals surface area contributed by atoms with Crippen LogP contribution in [0.15, 0.2) is 77.9 Å². The smallest absolute Gasteiger partial charge is 0.343 e. The number of amides is 1. The Kier molecular flexibility index (Phi) is 7.19. The number of benzene rings is 3. The molecule has 0 aliphatic carbocycles. The van der Waals surface area contributed by atoms with E-state index in [1.165, 1.54) is 12.3 Å². The van der Waals surface area contributed by atoms with Crippen molar-refractivity contribution in [3.63, 3.8) is 0 Å². The molecule has 0 fully saturated rings. The highest BCUT2D eigenvalue weighted by Crippen LogP contribution is 2.17. The summed E-state index contributed by atoms with van der Waals surface area (Å²) in [6, 6.07) is 20.6. The van der Waals surface area contributed by atoms with Gasteiger partial charge in [0.2, 0.25) is 0 Å². The Morgan fingerprint density at radius 1 is 1.03 bits per heavy atom. The molecule has 30 heavy (non-hydrogen) atoms. The summed E-state index contributed by atoms with van der Waals surface area (Å²) in [7, 11) is 0. The standard InChI is InChI=1S/C23H19ClN2O4/c1-16-5-2-3-8-21(16)29-15-22(27)26-25-14-17-9-11-20(12-10-17)30-23(28)18-6-4-7-19(24)13-18/h2-14H,15H2,1H3,(H,26,27)/b25-14+. The molecule has 0 bridgehead atoms. The van der Waals surface area contributed by atoms with E-state index in [-0.39, 0.29) is 12.5 Å². The molecule has 0 heterocycles. The first-order valence-electron chi connectivity index (χ1n) is 9.09. The number of hydrazone groups is 1. The number of hydrogen-bond acceptors (Lipinski definition) is 5. The topological polar surface area (TPSA) is 77.0 Å². The summed E-state index contributed by atoms with van der Waals surface area (Å²) < 4.78 is 10.8. The Morgan fingerprint density at radius 2 is 1.80 bits per heavy atom. The summed E-state index contributed by atoms with van der Waals surface area (Å²) >= 11 is 5.88. The van der Waals surface area contributed by atoms with Gasteiger partial charge in [-0.15, -0.1) is 0 Å². The largest absolute Gasteiger partial charge is 0.483 e. The second-order valence-electron chi connectivity index (χ2n) is 6.32. The zero-order valence-electron chi connectivity index (χ0n) is 16.2. The second-order valence-corrected chi connectivity index (χ2v) is 6.75. The van der Waals surface area contributed by atoms with Gasteiger partial charge in [-0.1, -0.05) is 35.9 Å². The predicted molar refractivity (Wildman–Crippen MR) is 115 cm³/mol. The van der Waals surface area contributed by atoms with E-state index < -0.39 is 5.97 Å². The van der Waals surface area contributed by atoms with E-state index in [2.05, 4.69) is 10.5 Å². The summed E-state index contributed by atoms with van der Waals surface area (Å²) in [6.07, 6.45) is 1.48. The first-order chi connectivity index (χ1) is 14.5. The van der Waals surface area contributed by atoms with Gasteiger partial charge in [-0.2, -0.15) is 5.10 Å². The van der Waals surface area contributed by atoms with Crippen LogP contribution >= 0.6 is 11.6 Å². The highest BCUT2D eigenvalue weighted by Gasteiger charge is 2.09. The van der Waals surface area contributed by atoms with Gasteiger partial charge >= 0.3 is 5.97 Å². The average molecular weight is 423 g/mol. The zero-order chi connectivity index (χ0) is 21.3. The van der Waals surface area contributed by atoms with Crippen molar-refractivity contribution in [2.24, 2.45) is 5.10 Å². The lowest BCUT2D eigenvalue weighted by Crippen LogP contribution is -2.24. The zero-order valence-corrected chi connectivity index (χ0v) is 16.9. The van der Waals surface area contributed by atoms with Crippen LogP contribution in [0.2, 0.25) is 5.02 Å². The van der Waals surface area contributed by atoms with Gasteiger partial charge in [0.15, 0.2) is 6.61 Å². The molecule has 0 saturated heterocycles. The SMILES string of the molecule is Cc1ccccc1OCC(=O)N/N=C/c1ccc(OC(=O)c2cccc(Cl)c2)cc1. The maximum atomic E-state index is 12.1. The van der Waals surface area contributed by atoms with Crippen LogP contribution in [-0.4, -0.2) is 24.7 Å². The number of rotatable bonds is 7. The van der Waals surface area contributed by atoms with E-state index in [1.54, 1.807) is 48.5 Å². The van der Waals surface area contributed by atoms with Crippen molar-refractivity contribution < 1.29 is 19.1 Å². The van der Waals surface area contributed by atoms with Gasteiger partial charge in [0, 0.05) is 5.02 Å². The number of nitrogens with zero attached hydrogens (tertiary/aromatic N) is 1. The quantitative estimate of drug-likeness (QED) is 0.265. The molecule has 3 aromatic carbocycles. The number of hydrogen-bond donors (Lipinski definition) is 1. The van der Waals surface area contributed by atoms with Crippen LogP contribution in [-0.2, 0) is 4.79 Å². The monoisotopic (exact) mass is 422 g/mol. The predicted octanol–water partition coefficient (Wildman–Crippen LogP) is 4.40. The molecule has 1 N–H and O–H groups in total. The summed E-state index contributed by atoms with van der Waals surface area (Å²) in [5.41, 5.74) is 4.44. The molecular weight excluding hydrogens is 404 g/mol. The van der Waals surface area contributed by atoms with Crippen molar-refractivity contribution in [1.29, 1.82) is 0 Å². The van der Waals surface area contributed by atoms with E-state index in [4.69, 9.17) is 21.1 Å². The maximum Gasteiger partial charge on any atom is 0.343 e. The number of nitrogens with one attached hydrogen (secondary N) is 1. The molecule has 0 aliphatic rings. The minimum absolute atomic E-state index is 0.138. The normalized spacial score (nSPS) is 10.6. The number of halogens is 1. The van der Waals surface area contributed by atoms with Gasteiger partial charge in [-0.3, -0.25) is 4.79 Å². The highest BCUT2D eigenvalue weighted by molar-refractivity contribution is 6.30. The summed E-state index contributed by atoms with van der Waals surface area (Å²) in [5.74, 6) is 0.161. The fourth-order valence-electron chi connectivity index (χ4n) is 2.48. The molecule has 0 aliphatic heterocycles. The molecule has 0 unspecified atom stereocenters. The molecule has 7 heteroatoms. The van der Waals surface area contributed by atoms with E-state index >= 15 is 0 Å². The Balaban J connectivity index is 1.48. The molecule has 0 radical (unpaired) electrons. The van der Waals surface area contributed by atoms with Crippen molar-refractivity contribution in [3.8, 4) is 11.5 Å². The minimum atomic E-state index is -0.500. The lowest BCUT2D eigenvalue weighted by atomic mass is 10.2. The lowest BCUT2D eigenvalue weighted by Gasteiger charge is -2.07. The van der Waals surface area contributed by atoms with Gasteiger partial charge in [-0.05, 0) is 66.6 Å². The summed E-state index contributed by atoms with van der Waals surface area (Å²) in [5, 5.41) is 4.36. The fraction of sp³-hybridized carbons (Fsp3) is 0.0870. The van der Waals surface area contributed by atoms with Gasteiger partial charge in [0.05, 0.1) is 11.8 Å². The number of ether oxygens (including phenoxy) is 2. The van der Waals surface area contributed by atoms with Crippen LogP contribution in [0.3, 0.4) is 0 Å². The van der Waals surface area contributed by atoms with Gasteiger partial charge < -0.3 is 9.47 Å². The molecule has 1 amide bonds. The van der Waals surface area contributed by atoms with Crippen molar-refractivity contribution in [2.75, 3.05) is 6.61 Å². The molecule has 0 spiro atoms. The van der Waals surface area contributed by atoms with E-state index in [9.17, 15) is 9.59 Å². The number of carbonyl (C=O) groups excluding carboxylic acids is 2. The van der Waals surface area contributed by atoms with Crippen LogP contribution in [0.5, 0.6) is 11.5 Å². The molecule has 3 rings (SSSR count). The van der Waals surface area contributed by atoms with E-state index in [1.807, 2.05) is 25.1 Å².